The Bertz CT molecular complexity index is 1190. The van der Waals surface area contributed by atoms with Gasteiger partial charge in [0.05, 0.1) is 13.7 Å². The summed E-state index contributed by atoms with van der Waals surface area (Å²) in [5.41, 5.74) is -0.755. The lowest BCUT2D eigenvalue weighted by molar-refractivity contribution is -0.142. The van der Waals surface area contributed by atoms with E-state index in [0.717, 1.165) is 4.47 Å². The van der Waals surface area contributed by atoms with Crippen LogP contribution in [0.3, 0.4) is 0 Å². The van der Waals surface area contributed by atoms with E-state index in [1.165, 1.54) is 24.8 Å². The molecule has 33 heavy (non-hydrogen) atoms. The first-order valence-electron chi connectivity index (χ1n) is 9.81. The Balaban J connectivity index is 1.71. The van der Waals surface area contributed by atoms with Gasteiger partial charge in [0, 0.05) is 16.2 Å². The monoisotopic (exact) mass is 543 g/mol. The van der Waals surface area contributed by atoms with E-state index in [9.17, 15) is 18.9 Å². The van der Waals surface area contributed by atoms with Crippen LogP contribution in [-0.2, 0) is 23.4 Å². The summed E-state index contributed by atoms with van der Waals surface area (Å²) in [6.45, 7) is 2.82. The number of hydrogen-bond donors (Lipinski definition) is 2. The van der Waals surface area contributed by atoms with Gasteiger partial charge in [-0.3, -0.25) is 23.7 Å². The Morgan fingerprint density at radius 2 is 2.00 bits per heavy atom. The maximum absolute atomic E-state index is 13.4. The van der Waals surface area contributed by atoms with Crippen molar-refractivity contribution in [2.75, 3.05) is 13.7 Å². The lowest BCUT2D eigenvalue weighted by atomic mass is 10.3. The van der Waals surface area contributed by atoms with Crippen molar-refractivity contribution in [1.29, 1.82) is 0 Å². The normalized spacial score (nSPS) is 20.2. The number of esters is 1. The number of halogens is 1. The Kier molecular flexibility index (Phi) is 8.09. The molecule has 0 saturated heterocycles. The Morgan fingerprint density at radius 3 is 2.67 bits per heavy atom. The van der Waals surface area contributed by atoms with Crippen LogP contribution in [-0.4, -0.2) is 41.4 Å². The standard InChI is InChI=1S/C20H23BrN3O8P/c1-12-10-24(20(27)22-18(12)25)17-9-8-16(31-17)11-30-33(28,23-13(2)19(26)29-3)32-15-6-4-14(21)5-7-15/h4-10,13,16-17H,11H2,1-3H3,(H,23,28)(H,22,25,27)/t13-,16-,17?,33?/m0/s1. The van der Waals surface area contributed by atoms with Crippen molar-refractivity contribution in [3.63, 3.8) is 0 Å². The van der Waals surface area contributed by atoms with Crippen LogP contribution < -0.4 is 20.9 Å². The first-order valence-corrected chi connectivity index (χ1v) is 12.1. The fourth-order valence-corrected chi connectivity index (χ4v) is 4.65. The van der Waals surface area contributed by atoms with E-state index in [2.05, 4.69) is 30.7 Å². The van der Waals surface area contributed by atoms with Crippen LogP contribution in [0.1, 0.15) is 18.7 Å². The van der Waals surface area contributed by atoms with Gasteiger partial charge in [-0.05, 0) is 44.2 Å². The Hall–Kier alpha value is -2.50. The van der Waals surface area contributed by atoms with E-state index in [1.54, 1.807) is 43.3 Å². The molecule has 0 fully saturated rings. The summed E-state index contributed by atoms with van der Waals surface area (Å²) >= 11 is 3.31. The fourth-order valence-electron chi connectivity index (χ4n) is 2.88. The van der Waals surface area contributed by atoms with Crippen LogP contribution in [0.4, 0.5) is 0 Å². The zero-order valence-electron chi connectivity index (χ0n) is 18.0. The maximum Gasteiger partial charge on any atom is 0.459 e. The molecule has 178 valence electrons. The minimum absolute atomic E-state index is 0.210. The third-order valence-corrected chi connectivity index (χ3v) is 6.75. The summed E-state index contributed by atoms with van der Waals surface area (Å²) in [5.74, 6) is -0.398. The number of nitrogens with zero attached hydrogens (tertiary/aromatic N) is 1. The highest BCUT2D eigenvalue weighted by atomic mass is 79.9. The summed E-state index contributed by atoms with van der Waals surface area (Å²) < 4.78 is 36.9. The maximum atomic E-state index is 13.4. The molecule has 2 N–H and O–H groups in total. The largest absolute Gasteiger partial charge is 0.468 e. The van der Waals surface area contributed by atoms with Gasteiger partial charge in [-0.25, -0.2) is 9.36 Å². The number of aromatic nitrogens is 2. The average Bonchev–Trinajstić information content (AvgIpc) is 3.25. The molecule has 4 atom stereocenters. The molecule has 0 bridgehead atoms. The van der Waals surface area contributed by atoms with E-state index in [1.807, 2.05) is 0 Å². The minimum atomic E-state index is -4.04. The third kappa shape index (κ3) is 6.52. The number of benzene rings is 1. The molecule has 0 aliphatic carbocycles. The predicted molar refractivity (Wildman–Crippen MR) is 122 cm³/mol. The van der Waals surface area contributed by atoms with Gasteiger partial charge in [0.2, 0.25) is 0 Å². The highest BCUT2D eigenvalue weighted by Crippen LogP contribution is 2.45. The Labute approximate surface area is 197 Å². The Morgan fingerprint density at radius 1 is 1.30 bits per heavy atom. The van der Waals surface area contributed by atoms with Crippen LogP contribution in [0.5, 0.6) is 5.75 Å². The van der Waals surface area contributed by atoms with Crippen molar-refractivity contribution in [3.05, 3.63) is 73.5 Å². The summed E-state index contributed by atoms with van der Waals surface area (Å²) in [4.78, 5) is 37.7. The molecule has 11 nitrogen and oxygen atoms in total. The van der Waals surface area contributed by atoms with E-state index >= 15 is 0 Å². The number of carbonyl (C=O) groups excluding carboxylic acids is 1. The van der Waals surface area contributed by atoms with E-state index in [0.29, 0.717) is 5.56 Å². The van der Waals surface area contributed by atoms with Gasteiger partial charge in [-0.1, -0.05) is 22.0 Å². The molecule has 0 saturated carbocycles. The molecule has 2 heterocycles. The van der Waals surface area contributed by atoms with Crippen LogP contribution in [0, 0.1) is 6.92 Å². The highest BCUT2D eigenvalue weighted by molar-refractivity contribution is 9.10. The van der Waals surface area contributed by atoms with Crippen molar-refractivity contribution in [2.45, 2.75) is 32.2 Å². The fraction of sp³-hybridized carbons (Fsp3) is 0.350. The number of rotatable bonds is 9. The molecule has 2 aromatic rings. The van der Waals surface area contributed by atoms with Gasteiger partial charge >= 0.3 is 19.4 Å². The minimum Gasteiger partial charge on any atom is -0.468 e. The SMILES string of the molecule is COC(=O)[C@H](C)NP(=O)(OC[C@@H]1C=CC(n2cc(C)c(=O)[nH]c2=O)O1)Oc1ccc(Br)cc1. The molecule has 1 aromatic carbocycles. The van der Waals surface area contributed by atoms with E-state index < -0.39 is 43.3 Å². The number of nitrogens with one attached hydrogen (secondary N) is 2. The number of ether oxygens (including phenoxy) is 2. The number of H-pyrrole nitrogens is 1. The molecular formula is C20H23BrN3O8P. The molecule has 1 aliphatic heterocycles. The predicted octanol–water partition coefficient (Wildman–Crippen LogP) is 2.42. The molecule has 1 aromatic heterocycles. The van der Waals surface area contributed by atoms with Crippen molar-refractivity contribution < 1.29 is 27.9 Å². The molecule has 0 amide bonds. The number of methoxy groups -OCH3 is 1. The van der Waals surface area contributed by atoms with Gasteiger partial charge in [-0.15, -0.1) is 0 Å². The average molecular weight is 544 g/mol. The zero-order chi connectivity index (χ0) is 24.2. The number of aromatic amines is 1. The van der Waals surface area contributed by atoms with Crippen molar-refractivity contribution in [3.8, 4) is 5.75 Å². The highest BCUT2D eigenvalue weighted by Gasteiger charge is 2.34. The third-order valence-electron chi connectivity index (χ3n) is 4.58. The van der Waals surface area contributed by atoms with Crippen molar-refractivity contribution in [1.82, 2.24) is 14.6 Å². The second kappa shape index (κ2) is 10.6. The smallest absolute Gasteiger partial charge is 0.459 e. The summed E-state index contributed by atoms with van der Waals surface area (Å²) in [6, 6.07) is 5.57. The summed E-state index contributed by atoms with van der Waals surface area (Å²) in [6.07, 6.45) is 3.17. The van der Waals surface area contributed by atoms with E-state index in [-0.39, 0.29) is 12.4 Å². The van der Waals surface area contributed by atoms with E-state index in [4.69, 9.17) is 13.8 Å². The summed E-state index contributed by atoms with van der Waals surface area (Å²) in [7, 11) is -2.84. The zero-order valence-corrected chi connectivity index (χ0v) is 20.5. The second-order valence-electron chi connectivity index (χ2n) is 7.14. The van der Waals surface area contributed by atoms with Crippen LogP contribution in [0.15, 0.2) is 56.7 Å². The molecule has 13 heteroatoms. The molecular weight excluding hydrogens is 521 g/mol. The number of hydrogen-bond acceptors (Lipinski definition) is 8. The summed E-state index contributed by atoms with van der Waals surface area (Å²) in [5, 5.41) is 2.55. The van der Waals surface area contributed by atoms with Gasteiger partial charge in [0.15, 0.2) is 6.23 Å². The second-order valence-corrected chi connectivity index (χ2v) is 9.75. The van der Waals surface area contributed by atoms with Gasteiger partial charge in [0.1, 0.15) is 17.9 Å². The van der Waals surface area contributed by atoms with Crippen molar-refractivity contribution in [2.24, 2.45) is 0 Å². The lowest BCUT2D eigenvalue weighted by Gasteiger charge is -2.24. The first-order chi connectivity index (χ1) is 15.6. The van der Waals surface area contributed by atoms with Crippen LogP contribution >= 0.6 is 23.7 Å². The molecule has 1 aliphatic rings. The van der Waals surface area contributed by atoms with Crippen LogP contribution in [0.25, 0.3) is 0 Å². The number of carbonyl (C=O) groups is 1. The first kappa shape index (κ1) is 25.1. The number of aryl methyl sites for hydroxylation is 1. The van der Waals surface area contributed by atoms with Crippen LogP contribution in [0.2, 0.25) is 0 Å². The van der Waals surface area contributed by atoms with Gasteiger partial charge in [0.25, 0.3) is 5.56 Å². The quantitative estimate of drug-likeness (QED) is 0.277. The molecule has 0 spiro atoms. The van der Waals surface area contributed by atoms with Gasteiger partial charge < -0.3 is 14.0 Å². The molecule has 3 rings (SSSR count). The molecule has 0 radical (unpaired) electrons. The van der Waals surface area contributed by atoms with Gasteiger partial charge in [-0.2, -0.15) is 5.09 Å². The topological polar surface area (TPSA) is 138 Å². The lowest BCUT2D eigenvalue weighted by Crippen LogP contribution is -2.35. The van der Waals surface area contributed by atoms with Crippen molar-refractivity contribution >= 4 is 29.6 Å². The molecule has 2 unspecified atom stereocenters.